The van der Waals surface area contributed by atoms with Crippen molar-refractivity contribution >= 4 is 27.8 Å². The molecule has 11 nitrogen and oxygen atoms in total. The van der Waals surface area contributed by atoms with Gasteiger partial charge in [-0.3, -0.25) is 4.57 Å². The summed E-state index contributed by atoms with van der Waals surface area (Å²) in [7, 11) is 0. The molecular formula is C23H25N5O6. The first-order chi connectivity index (χ1) is 16.6. The van der Waals surface area contributed by atoms with Gasteiger partial charge < -0.3 is 35.2 Å². The van der Waals surface area contributed by atoms with Crippen molar-refractivity contribution in [2.24, 2.45) is 0 Å². The van der Waals surface area contributed by atoms with Crippen LogP contribution in [0.5, 0.6) is 5.75 Å². The summed E-state index contributed by atoms with van der Waals surface area (Å²) in [5, 5.41) is 45.2. The molecule has 5 atom stereocenters. The van der Waals surface area contributed by atoms with Crippen LogP contribution in [0.15, 0.2) is 55.1 Å². The SMILES string of the molecule is OC[C@H]1O[C@@H](n2cnc3c(NCC(O)COc4cccc5ccccc45)ncnc32)[C@H](O)[C@@H]1O. The molecule has 3 heterocycles. The highest BCUT2D eigenvalue weighted by atomic mass is 16.6. The normalized spacial score (nSPS) is 23.4. The highest BCUT2D eigenvalue weighted by Crippen LogP contribution is 2.32. The molecule has 5 rings (SSSR count). The van der Waals surface area contributed by atoms with Crippen LogP contribution < -0.4 is 10.1 Å². The molecule has 0 amide bonds. The van der Waals surface area contributed by atoms with E-state index in [-0.39, 0.29) is 13.2 Å². The standard InChI is InChI=1S/C23H25N5O6/c29-9-17-19(31)20(32)23(34-17)28-12-27-18-21(25-11-26-22(18)28)24-8-14(30)10-33-16-7-3-5-13-4-1-2-6-15(13)16/h1-7,11-12,14,17,19-20,23,29-32H,8-10H2,(H,24,25,26)/t14?,17-,19-,20-,23-/m1/s1. The summed E-state index contributed by atoms with van der Waals surface area (Å²) in [6.45, 7) is -0.203. The Labute approximate surface area is 194 Å². The van der Waals surface area contributed by atoms with Crippen LogP contribution in [0.2, 0.25) is 0 Å². The van der Waals surface area contributed by atoms with Gasteiger partial charge in [0.25, 0.3) is 0 Å². The molecule has 1 aliphatic rings. The largest absolute Gasteiger partial charge is 0.490 e. The molecule has 178 valence electrons. The van der Waals surface area contributed by atoms with E-state index in [0.717, 1.165) is 10.8 Å². The fourth-order valence-electron chi connectivity index (χ4n) is 4.06. The summed E-state index contributed by atoms with van der Waals surface area (Å²) >= 11 is 0. The molecule has 4 aromatic rings. The Morgan fingerprint density at radius 1 is 1.06 bits per heavy atom. The van der Waals surface area contributed by atoms with Crippen molar-refractivity contribution in [3.63, 3.8) is 0 Å². The van der Waals surface area contributed by atoms with Crippen LogP contribution in [-0.2, 0) is 4.74 Å². The number of ether oxygens (including phenoxy) is 2. The fourth-order valence-corrected chi connectivity index (χ4v) is 4.06. The van der Waals surface area contributed by atoms with Gasteiger partial charge in [-0.2, -0.15) is 0 Å². The van der Waals surface area contributed by atoms with Crippen molar-refractivity contribution in [3.8, 4) is 5.75 Å². The summed E-state index contributed by atoms with van der Waals surface area (Å²) in [4.78, 5) is 12.7. The van der Waals surface area contributed by atoms with Gasteiger partial charge in [0, 0.05) is 11.9 Å². The van der Waals surface area contributed by atoms with Gasteiger partial charge in [-0.05, 0) is 11.5 Å². The third-order valence-corrected chi connectivity index (χ3v) is 5.84. The third-order valence-electron chi connectivity index (χ3n) is 5.84. The monoisotopic (exact) mass is 467 g/mol. The average Bonchev–Trinajstić information content (AvgIpc) is 3.42. The van der Waals surface area contributed by atoms with Crippen LogP contribution in [0.25, 0.3) is 21.9 Å². The molecule has 1 fully saturated rings. The van der Waals surface area contributed by atoms with Crippen LogP contribution in [0, 0.1) is 0 Å². The third kappa shape index (κ3) is 4.15. The van der Waals surface area contributed by atoms with Gasteiger partial charge in [0.05, 0.1) is 12.9 Å². The summed E-state index contributed by atoms with van der Waals surface area (Å²) in [6, 6.07) is 13.6. The lowest BCUT2D eigenvalue weighted by Gasteiger charge is -2.17. The molecule has 1 unspecified atom stereocenters. The highest BCUT2D eigenvalue weighted by Gasteiger charge is 2.44. The second kappa shape index (κ2) is 9.49. The first-order valence-corrected chi connectivity index (χ1v) is 10.9. The molecule has 1 aliphatic heterocycles. The van der Waals surface area contributed by atoms with Gasteiger partial charge in [-0.15, -0.1) is 0 Å². The van der Waals surface area contributed by atoms with E-state index < -0.39 is 37.3 Å². The minimum atomic E-state index is -1.26. The number of nitrogens with zero attached hydrogens (tertiary/aromatic N) is 4. The van der Waals surface area contributed by atoms with E-state index in [1.807, 2.05) is 42.5 Å². The Bertz CT molecular complexity index is 1280. The molecule has 0 aliphatic carbocycles. The molecular weight excluding hydrogens is 442 g/mol. The van der Waals surface area contributed by atoms with Crippen LogP contribution in [-0.4, -0.2) is 84.1 Å². The van der Waals surface area contributed by atoms with Gasteiger partial charge in [-0.1, -0.05) is 36.4 Å². The average molecular weight is 467 g/mol. The van der Waals surface area contributed by atoms with Crippen molar-refractivity contribution in [1.29, 1.82) is 0 Å². The Hall–Kier alpha value is -3.35. The number of imidazole rings is 1. The number of aromatic nitrogens is 4. The lowest BCUT2D eigenvalue weighted by atomic mass is 10.1. The summed E-state index contributed by atoms with van der Waals surface area (Å²) < 4.78 is 12.9. The van der Waals surface area contributed by atoms with Crippen molar-refractivity contribution in [1.82, 2.24) is 19.5 Å². The van der Waals surface area contributed by atoms with Gasteiger partial charge in [0.1, 0.15) is 43.1 Å². The second-order valence-corrected chi connectivity index (χ2v) is 8.10. The Kier molecular flexibility index (Phi) is 6.26. The van der Waals surface area contributed by atoms with Crippen LogP contribution >= 0.6 is 0 Å². The highest BCUT2D eigenvalue weighted by molar-refractivity contribution is 5.88. The molecule has 2 aromatic heterocycles. The predicted molar refractivity (Wildman–Crippen MR) is 122 cm³/mol. The van der Waals surface area contributed by atoms with Gasteiger partial charge in [0.2, 0.25) is 0 Å². The van der Waals surface area contributed by atoms with Crippen molar-refractivity contribution in [2.45, 2.75) is 30.6 Å². The number of hydrogen-bond donors (Lipinski definition) is 5. The molecule has 0 bridgehead atoms. The smallest absolute Gasteiger partial charge is 0.167 e. The first-order valence-electron chi connectivity index (χ1n) is 10.9. The summed E-state index contributed by atoms with van der Waals surface area (Å²) in [5.74, 6) is 1.08. The number of rotatable bonds is 8. The number of anilines is 1. The van der Waals surface area contributed by atoms with Gasteiger partial charge in [-0.25, -0.2) is 15.0 Å². The van der Waals surface area contributed by atoms with Crippen LogP contribution in [0.1, 0.15) is 6.23 Å². The zero-order valence-corrected chi connectivity index (χ0v) is 18.1. The summed E-state index contributed by atoms with van der Waals surface area (Å²) in [6.07, 6.45) is -2.44. The van der Waals surface area contributed by atoms with E-state index in [0.29, 0.717) is 22.7 Å². The second-order valence-electron chi connectivity index (χ2n) is 8.10. The minimum absolute atomic E-state index is 0.0756. The van der Waals surface area contributed by atoms with Crippen molar-refractivity contribution < 1.29 is 29.9 Å². The van der Waals surface area contributed by atoms with E-state index in [9.17, 15) is 20.4 Å². The van der Waals surface area contributed by atoms with E-state index in [1.54, 1.807) is 0 Å². The zero-order chi connectivity index (χ0) is 23.7. The van der Waals surface area contributed by atoms with E-state index >= 15 is 0 Å². The summed E-state index contributed by atoms with van der Waals surface area (Å²) in [5.41, 5.74) is 0.774. The van der Waals surface area contributed by atoms with Crippen molar-refractivity contribution in [2.75, 3.05) is 25.1 Å². The van der Waals surface area contributed by atoms with Crippen LogP contribution in [0.3, 0.4) is 0 Å². The maximum absolute atomic E-state index is 10.5. The quantitative estimate of drug-likeness (QED) is 0.247. The maximum Gasteiger partial charge on any atom is 0.167 e. The van der Waals surface area contributed by atoms with Gasteiger partial charge >= 0.3 is 0 Å². The topological polar surface area (TPSA) is 155 Å². The number of benzene rings is 2. The molecule has 2 aromatic carbocycles. The predicted octanol–water partition coefficient (Wildman–Crippen LogP) is 0.443. The van der Waals surface area contributed by atoms with E-state index in [1.165, 1.54) is 17.2 Å². The minimum Gasteiger partial charge on any atom is -0.490 e. The van der Waals surface area contributed by atoms with E-state index in [2.05, 4.69) is 20.3 Å². The molecule has 0 radical (unpaired) electrons. The number of fused-ring (bicyclic) bond motifs is 2. The van der Waals surface area contributed by atoms with Crippen LogP contribution in [0.4, 0.5) is 5.82 Å². The number of aliphatic hydroxyl groups is 4. The number of aliphatic hydroxyl groups excluding tert-OH is 4. The number of hydrogen-bond acceptors (Lipinski definition) is 10. The maximum atomic E-state index is 10.5. The molecule has 5 N–H and O–H groups in total. The molecule has 0 saturated carbocycles. The molecule has 11 heteroatoms. The van der Waals surface area contributed by atoms with Gasteiger partial charge in [0.15, 0.2) is 23.2 Å². The lowest BCUT2D eigenvalue weighted by Crippen LogP contribution is -2.33. The van der Waals surface area contributed by atoms with Crippen molar-refractivity contribution in [3.05, 3.63) is 55.1 Å². The Morgan fingerprint density at radius 2 is 1.88 bits per heavy atom. The Balaban J connectivity index is 1.26. The first kappa shape index (κ1) is 22.4. The fraction of sp³-hybridized carbons (Fsp3) is 0.348. The van der Waals surface area contributed by atoms with E-state index in [4.69, 9.17) is 9.47 Å². The number of nitrogens with one attached hydrogen (secondary N) is 1. The molecule has 1 saturated heterocycles. The zero-order valence-electron chi connectivity index (χ0n) is 18.1. The molecule has 0 spiro atoms. The Morgan fingerprint density at radius 3 is 2.71 bits per heavy atom. The lowest BCUT2D eigenvalue weighted by molar-refractivity contribution is -0.0511. The molecule has 34 heavy (non-hydrogen) atoms.